The van der Waals surface area contributed by atoms with E-state index in [1.165, 1.54) is 11.1 Å². The predicted molar refractivity (Wildman–Crippen MR) is 96.0 cm³/mol. The molecule has 0 spiro atoms. The lowest BCUT2D eigenvalue weighted by Crippen LogP contribution is -2.24. The van der Waals surface area contributed by atoms with Gasteiger partial charge < -0.3 is 4.74 Å². The molecule has 0 unspecified atom stereocenters. The van der Waals surface area contributed by atoms with Crippen LogP contribution in [0.15, 0.2) is 46.0 Å². The van der Waals surface area contributed by atoms with Crippen molar-refractivity contribution in [2.24, 2.45) is 5.10 Å². The average molecular weight is 375 g/mol. The molecule has 0 aliphatic rings. The van der Waals surface area contributed by atoms with Crippen molar-refractivity contribution >= 4 is 28.1 Å². The number of hydrazone groups is 1. The second-order valence-electron chi connectivity index (χ2n) is 5.33. The molecule has 1 N–H and O–H groups in total. The number of hydrogen-bond acceptors (Lipinski definition) is 3. The number of carbonyl (C=O) groups excluding carboxylic acids is 1. The van der Waals surface area contributed by atoms with E-state index in [9.17, 15) is 4.79 Å². The van der Waals surface area contributed by atoms with E-state index in [4.69, 9.17) is 4.74 Å². The van der Waals surface area contributed by atoms with Crippen LogP contribution in [0.1, 0.15) is 22.3 Å². The van der Waals surface area contributed by atoms with Crippen LogP contribution in [0.5, 0.6) is 5.75 Å². The standard InChI is InChI=1S/C18H19BrN2O2/c1-12-7-14(3)15(8-13(12)2)10-20-21-18(22)11-23-17-6-4-5-16(19)9-17/h4-10H,11H2,1-3H3,(H,21,22)/b20-10-. The van der Waals surface area contributed by atoms with Crippen molar-refractivity contribution in [3.63, 3.8) is 0 Å². The van der Waals surface area contributed by atoms with Crippen molar-refractivity contribution in [1.29, 1.82) is 0 Å². The Labute approximate surface area is 144 Å². The van der Waals surface area contributed by atoms with Gasteiger partial charge in [-0.3, -0.25) is 4.79 Å². The largest absolute Gasteiger partial charge is 0.484 e. The first-order valence-electron chi connectivity index (χ1n) is 7.24. The zero-order valence-corrected chi connectivity index (χ0v) is 15.0. The van der Waals surface area contributed by atoms with Gasteiger partial charge in [0.2, 0.25) is 0 Å². The number of rotatable bonds is 5. The highest BCUT2D eigenvalue weighted by Crippen LogP contribution is 2.17. The van der Waals surface area contributed by atoms with E-state index in [-0.39, 0.29) is 12.5 Å². The molecule has 0 atom stereocenters. The summed E-state index contributed by atoms with van der Waals surface area (Å²) in [5.74, 6) is 0.325. The third-order valence-corrected chi connectivity index (χ3v) is 3.93. The molecule has 120 valence electrons. The summed E-state index contributed by atoms with van der Waals surface area (Å²) in [4.78, 5) is 11.7. The molecule has 2 rings (SSSR count). The summed E-state index contributed by atoms with van der Waals surface area (Å²) < 4.78 is 6.30. The van der Waals surface area contributed by atoms with Gasteiger partial charge in [-0.05, 0) is 67.3 Å². The summed E-state index contributed by atoms with van der Waals surface area (Å²) in [7, 11) is 0. The van der Waals surface area contributed by atoms with Crippen molar-refractivity contribution in [3.8, 4) is 5.75 Å². The van der Waals surface area contributed by atoms with Gasteiger partial charge in [0.25, 0.3) is 5.91 Å². The van der Waals surface area contributed by atoms with Crippen LogP contribution in [0, 0.1) is 20.8 Å². The van der Waals surface area contributed by atoms with Crippen LogP contribution in [0.2, 0.25) is 0 Å². The van der Waals surface area contributed by atoms with Crippen LogP contribution in [-0.4, -0.2) is 18.7 Å². The van der Waals surface area contributed by atoms with Gasteiger partial charge in [0.1, 0.15) is 5.75 Å². The highest BCUT2D eigenvalue weighted by atomic mass is 79.9. The fraction of sp³-hybridized carbons (Fsp3) is 0.222. The Bertz CT molecular complexity index is 742. The first-order valence-corrected chi connectivity index (χ1v) is 8.03. The molecule has 0 aliphatic carbocycles. The van der Waals surface area contributed by atoms with Gasteiger partial charge in [-0.15, -0.1) is 0 Å². The number of ether oxygens (including phenoxy) is 1. The summed E-state index contributed by atoms with van der Waals surface area (Å²) in [5, 5.41) is 3.99. The number of amides is 1. The van der Waals surface area contributed by atoms with Crippen molar-refractivity contribution in [2.45, 2.75) is 20.8 Å². The molecule has 5 heteroatoms. The minimum absolute atomic E-state index is 0.0836. The Morgan fingerprint density at radius 1 is 1.17 bits per heavy atom. The lowest BCUT2D eigenvalue weighted by Gasteiger charge is -2.06. The summed E-state index contributed by atoms with van der Waals surface area (Å²) in [6, 6.07) is 11.5. The number of benzene rings is 2. The maximum Gasteiger partial charge on any atom is 0.277 e. The van der Waals surface area contributed by atoms with Crippen molar-refractivity contribution < 1.29 is 9.53 Å². The van der Waals surface area contributed by atoms with Crippen LogP contribution in [0.3, 0.4) is 0 Å². The van der Waals surface area contributed by atoms with Gasteiger partial charge in [-0.2, -0.15) is 5.10 Å². The smallest absolute Gasteiger partial charge is 0.277 e. The van der Waals surface area contributed by atoms with E-state index in [2.05, 4.69) is 52.4 Å². The highest BCUT2D eigenvalue weighted by Gasteiger charge is 2.03. The first-order chi connectivity index (χ1) is 11.0. The van der Waals surface area contributed by atoms with Gasteiger partial charge in [0, 0.05) is 4.47 Å². The van der Waals surface area contributed by atoms with Crippen LogP contribution >= 0.6 is 15.9 Å². The molecule has 2 aromatic carbocycles. The Hall–Kier alpha value is -2.14. The van der Waals surface area contributed by atoms with E-state index < -0.39 is 0 Å². The molecule has 23 heavy (non-hydrogen) atoms. The minimum Gasteiger partial charge on any atom is -0.484 e. The molecular weight excluding hydrogens is 356 g/mol. The molecule has 4 nitrogen and oxygen atoms in total. The van der Waals surface area contributed by atoms with Crippen molar-refractivity contribution in [1.82, 2.24) is 5.43 Å². The van der Waals surface area contributed by atoms with Crippen molar-refractivity contribution in [2.75, 3.05) is 6.61 Å². The Balaban J connectivity index is 1.88. The fourth-order valence-electron chi connectivity index (χ4n) is 2.03. The van der Waals surface area contributed by atoms with Gasteiger partial charge >= 0.3 is 0 Å². The molecule has 0 heterocycles. The lowest BCUT2D eigenvalue weighted by molar-refractivity contribution is -0.123. The van der Waals surface area contributed by atoms with Crippen LogP contribution in [0.25, 0.3) is 0 Å². The van der Waals surface area contributed by atoms with Crippen LogP contribution in [-0.2, 0) is 4.79 Å². The molecule has 0 aromatic heterocycles. The Morgan fingerprint density at radius 3 is 2.65 bits per heavy atom. The number of aryl methyl sites for hydroxylation is 3. The second kappa shape index (κ2) is 7.92. The molecule has 0 bridgehead atoms. The molecule has 0 saturated heterocycles. The topological polar surface area (TPSA) is 50.7 Å². The van der Waals surface area contributed by atoms with Gasteiger partial charge in [0.15, 0.2) is 6.61 Å². The zero-order valence-electron chi connectivity index (χ0n) is 13.4. The normalized spacial score (nSPS) is 10.8. The van der Waals surface area contributed by atoms with E-state index in [1.54, 1.807) is 18.3 Å². The van der Waals surface area contributed by atoms with Crippen LogP contribution in [0.4, 0.5) is 0 Å². The molecule has 0 aliphatic heterocycles. The molecule has 2 aromatic rings. The number of nitrogens with zero attached hydrogens (tertiary/aromatic N) is 1. The predicted octanol–water partition coefficient (Wildman–Crippen LogP) is 3.90. The zero-order chi connectivity index (χ0) is 16.8. The molecule has 0 radical (unpaired) electrons. The van der Waals surface area contributed by atoms with Gasteiger partial charge in [-0.25, -0.2) is 5.43 Å². The summed E-state index contributed by atoms with van der Waals surface area (Å²) in [6.45, 7) is 6.06. The molecular formula is C18H19BrN2O2. The third kappa shape index (κ3) is 5.21. The number of nitrogens with one attached hydrogen (secondary N) is 1. The first kappa shape index (κ1) is 17.2. The SMILES string of the molecule is Cc1cc(C)c(/C=N\NC(=O)COc2cccc(Br)c2)cc1C. The maximum absolute atomic E-state index is 11.7. The van der Waals surface area contributed by atoms with Crippen molar-refractivity contribution in [3.05, 3.63) is 63.1 Å². The monoisotopic (exact) mass is 374 g/mol. The average Bonchev–Trinajstić information content (AvgIpc) is 2.50. The van der Waals surface area contributed by atoms with E-state index in [0.717, 1.165) is 15.6 Å². The van der Waals surface area contributed by atoms with E-state index >= 15 is 0 Å². The van der Waals surface area contributed by atoms with E-state index in [1.807, 2.05) is 19.1 Å². The molecule has 1 amide bonds. The van der Waals surface area contributed by atoms with E-state index in [0.29, 0.717) is 5.75 Å². The number of hydrogen-bond donors (Lipinski definition) is 1. The third-order valence-electron chi connectivity index (χ3n) is 3.44. The summed E-state index contributed by atoms with van der Waals surface area (Å²) in [6.07, 6.45) is 1.65. The number of halogens is 1. The Morgan fingerprint density at radius 2 is 1.91 bits per heavy atom. The summed E-state index contributed by atoms with van der Waals surface area (Å²) >= 11 is 3.35. The maximum atomic E-state index is 11.7. The Kier molecular flexibility index (Phi) is 5.93. The van der Waals surface area contributed by atoms with Gasteiger partial charge in [0.05, 0.1) is 6.21 Å². The number of carbonyl (C=O) groups is 1. The minimum atomic E-state index is -0.303. The second-order valence-corrected chi connectivity index (χ2v) is 6.25. The highest BCUT2D eigenvalue weighted by molar-refractivity contribution is 9.10. The summed E-state index contributed by atoms with van der Waals surface area (Å²) in [5.41, 5.74) is 7.02. The fourth-order valence-corrected chi connectivity index (χ4v) is 2.41. The van der Waals surface area contributed by atoms with Gasteiger partial charge in [-0.1, -0.05) is 28.1 Å². The lowest BCUT2D eigenvalue weighted by atomic mass is 10.0. The molecule has 0 fully saturated rings. The van der Waals surface area contributed by atoms with Crippen LogP contribution < -0.4 is 10.2 Å². The quantitative estimate of drug-likeness (QED) is 0.637. The molecule has 0 saturated carbocycles.